The molecule has 48 heavy (non-hydrogen) atoms. The number of fused-ring (bicyclic) bond motifs is 1. The van der Waals surface area contributed by atoms with E-state index in [-0.39, 0.29) is 22.5 Å². The van der Waals surface area contributed by atoms with Crippen LogP contribution >= 0.6 is 0 Å². The fourth-order valence-electron chi connectivity index (χ4n) is 4.34. The third kappa shape index (κ3) is 6.92. The molecular weight excluding hydrogens is 678 g/mol. The van der Waals surface area contributed by atoms with Crippen LogP contribution in [-0.4, -0.2) is 73.3 Å². The van der Waals surface area contributed by atoms with Gasteiger partial charge >= 0.3 is 17.9 Å². The highest BCUT2D eigenvalue weighted by Crippen LogP contribution is 2.45. The molecule has 0 aliphatic heterocycles. The molecule has 8 N–H and O–H groups in total. The Hall–Kier alpha value is -6.29. The summed E-state index contributed by atoms with van der Waals surface area (Å²) >= 11 is 0. The molecule has 5 rings (SSSR count). The standard InChI is InChI=1S/C27H19N7O12S2/c35-22-20-12(10-19(48(44,45)46)21(22)34-33-17-8-4-2-6-15(17)24(38)39)9-13(47(41,42)43)11-18(20)29-26-30-25(31-27(40)32-26)28-16-7-3-1-5-14(16)23(36)37/h1-11,35H,(H,36,37)(H,38,39)(H,41,42,43)(H,44,45,46)(H3,28,29,30,31,32,40). The maximum absolute atomic E-state index is 12.4. The topological polar surface area (TPSA) is 311 Å². The van der Waals surface area contributed by atoms with Crippen molar-refractivity contribution < 1.29 is 56.0 Å². The summed E-state index contributed by atoms with van der Waals surface area (Å²) in [4.78, 5) is 32.6. The molecule has 0 atom stereocenters. The number of hydrogen-bond acceptors (Lipinski definition) is 15. The zero-order valence-corrected chi connectivity index (χ0v) is 25.2. The fraction of sp³-hybridized carbons (Fsp3) is 0. The third-order valence-corrected chi connectivity index (χ3v) is 8.06. The van der Waals surface area contributed by atoms with Crippen molar-refractivity contribution in [1.29, 1.82) is 0 Å². The zero-order valence-electron chi connectivity index (χ0n) is 23.5. The highest BCUT2D eigenvalue weighted by atomic mass is 32.2. The first kappa shape index (κ1) is 33.1. The molecular formula is C27H19N7O12S2. The average Bonchev–Trinajstić information content (AvgIpc) is 2.99. The van der Waals surface area contributed by atoms with Gasteiger partial charge in [0, 0.05) is 5.39 Å². The number of benzene rings is 4. The number of aromatic carboxylic acids is 2. The number of carboxylic acid groups (broad SMARTS) is 2. The molecule has 0 amide bonds. The largest absolute Gasteiger partial charge is 0.505 e. The Morgan fingerprint density at radius 3 is 1.88 bits per heavy atom. The number of phenols is 1. The Labute approximate surface area is 268 Å². The Bertz CT molecular complexity index is 2400. The minimum absolute atomic E-state index is 0.00947. The molecule has 4 aromatic carbocycles. The predicted molar refractivity (Wildman–Crippen MR) is 164 cm³/mol. The van der Waals surface area contributed by atoms with Gasteiger partial charge in [-0.05, 0) is 47.9 Å². The average molecular weight is 698 g/mol. The van der Waals surface area contributed by atoms with Crippen LogP contribution in [0.4, 0.5) is 34.6 Å². The van der Waals surface area contributed by atoms with E-state index in [1.165, 1.54) is 48.5 Å². The number of para-hydroxylation sites is 1. The van der Waals surface area contributed by atoms with Crippen molar-refractivity contribution in [3.63, 3.8) is 0 Å². The number of carboxylic acids is 2. The monoisotopic (exact) mass is 697 g/mol. The normalized spacial score (nSPS) is 11.9. The van der Waals surface area contributed by atoms with Gasteiger partial charge in [-0.3, -0.25) is 9.11 Å². The van der Waals surface area contributed by atoms with Crippen molar-refractivity contribution in [1.82, 2.24) is 15.0 Å². The number of aromatic nitrogens is 3. The second-order valence-electron chi connectivity index (χ2n) is 9.50. The zero-order chi connectivity index (χ0) is 35.0. The van der Waals surface area contributed by atoms with Crippen molar-refractivity contribution in [3.8, 4) is 11.8 Å². The van der Waals surface area contributed by atoms with Crippen molar-refractivity contribution in [3.05, 3.63) is 77.9 Å². The molecule has 0 radical (unpaired) electrons. The lowest BCUT2D eigenvalue weighted by Gasteiger charge is -2.15. The number of phenolic OH excluding ortho intramolecular Hbond substituents is 1. The summed E-state index contributed by atoms with van der Waals surface area (Å²) in [5, 5.41) is 52.1. The molecule has 1 aromatic heterocycles. The quantitative estimate of drug-likeness (QED) is 0.0747. The van der Waals surface area contributed by atoms with E-state index in [1.807, 2.05) is 0 Å². The number of rotatable bonds is 10. The maximum Gasteiger partial charge on any atom is 0.337 e. The molecule has 1 heterocycles. The first-order chi connectivity index (χ1) is 22.5. The SMILES string of the molecule is O=C(O)c1ccccc1N=Nc1c(S(=O)(=O)O)cc2cc(S(=O)(=O)O)cc(Nc3nc(O)nc(Nc4ccccc4C(=O)O)n3)c2c1O. The Balaban J connectivity index is 1.71. The molecule has 0 bridgehead atoms. The van der Waals surface area contributed by atoms with Crippen LogP contribution in [0.1, 0.15) is 20.7 Å². The molecule has 0 fully saturated rings. The van der Waals surface area contributed by atoms with Crippen LogP contribution in [0, 0.1) is 0 Å². The maximum atomic E-state index is 12.4. The van der Waals surface area contributed by atoms with E-state index in [2.05, 4.69) is 35.8 Å². The second-order valence-corrected chi connectivity index (χ2v) is 12.3. The fourth-order valence-corrected chi connectivity index (χ4v) is 5.54. The lowest BCUT2D eigenvalue weighted by molar-refractivity contribution is 0.0687. The Kier molecular flexibility index (Phi) is 8.60. The molecule has 19 nitrogen and oxygen atoms in total. The molecule has 0 spiro atoms. The number of hydrogen-bond donors (Lipinski definition) is 8. The summed E-state index contributed by atoms with van der Waals surface area (Å²) in [5.41, 5.74) is -2.14. The van der Waals surface area contributed by atoms with E-state index >= 15 is 0 Å². The van der Waals surface area contributed by atoms with Gasteiger partial charge in [-0.15, -0.1) is 10.2 Å². The minimum atomic E-state index is -5.23. The summed E-state index contributed by atoms with van der Waals surface area (Å²) in [5.74, 6) is -4.69. The molecule has 0 saturated carbocycles. The van der Waals surface area contributed by atoms with Gasteiger partial charge < -0.3 is 31.1 Å². The van der Waals surface area contributed by atoms with Crippen molar-refractivity contribution in [2.45, 2.75) is 9.79 Å². The lowest BCUT2D eigenvalue weighted by atomic mass is 10.1. The van der Waals surface area contributed by atoms with Crippen LogP contribution < -0.4 is 10.6 Å². The van der Waals surface area contributed by atoms with Crippen LogP contribution in [0.3, 0.4) is 0 Å². The van der Waals surface area contributed by atoms with E-state index in [1.54, 1.807) is 0 Å². The number of carbonyl (C=O) groups is 2. The molecule has 5 aromatic rings. The summed E-state index contributed by atoms with van der Waals surface area (Å²) < 4.78 is 68.7. The molecule has 0 aliphatic carbocycles. The first-order valence-corrected chi connectivity index (χ1v) is 15.7. The van der Waals surface area contributed by atoms with E-state index in [0.29, 0.717) is 6.07 Å². The third-order valence-electron chi connectivity index (χ3n) is 6.37. The van der Waals surface area contributed by atoms with Crippen LogP contribution in [0.5, 0.6) is 11.8 Å². The number of azo groups is 1. The number of aromatic hydroxyl groups is 2. The van der Waals surface area contributed by atoms with Gasteiger partial charge in [0.15, 0.2) is 5.75 Å². The molecule has 246 valence electrons. The van der Waals surface area contributed by atoms with Crippen molar-refractivity contribution in [2.24, 2.45) is 10.2 Å². The Morgan fingerprint density at radius 2 is 1.27 bits per heavy atom. The Morgan fingerprint density at radius 1 is 0.688 bits per heavy atom. The van der Waals surface area contributed by atoms with Gasteiger partial charge in [0.25, 0.3) is 20.2 Å². The summed E-state index contributed by atoms with van der Waals surface area (Å²) in [6, 6.07) is 12.1. The smallest absolute Gasteiger partial charge is 0.337 e. The van der Waals surface area contributed by atoms with Gasteiger partial charge in [0.2, 0.25) is 11.9 Å². The van der Waals surface area contributed by atoms with Crippen LogP contribution in [-0.2, 0) is 20.2 Å². The van der Waals surface area contributed by atoms with Crippen LogP contribution in [0.15, 0.2) is 86.7 Å². The van der Waals surface area contributed by atoms with Gasteiger partial charge in [-0.25, -0.2) is 9.59 Å². The lowest BCUT2D eigenvalue weighted by Crippen LogP contribution is -2.07. The van der Waals surface area contributed by atoms with Crippen molar-refractivity contribution >= 4 is 77.6 Å². The highest BCUT2D eigenvalue weighted by Gasteiger charge is 2.26. The van der Waals surface area contributed by atoms with Gasteiger partial charge in [-0.1, -0.05) is 24.3 Å². The summed E-state index contributed by atoms with van der Waals surface area (Å²) in [6.07, 6.45) is 0. The van der Waals surface area contributed by atoms with Gasteiger partial charge in [-0.2, -0.15) is 31.8 Å². The van der Waals surface area contributed by atoms with Crippen LogP contribution in [0.2, 0.25) is 0 Å². The van der Waals surface area contributed by atoms with E-state index in [4.69, 9.17) is 0 Å². The van der Waals surface area contributed by atoms with E-state index < -0.39 is 87.8 Å². The van der Waals surface area contributed by atoms with Gasteiger partial charge in [0.05, 0.1) is 27.4 Å². The van der Waals surface area contributed by atoms with Crippen LogP contribution in [0.25, 0.3) is 10.8 Å². The van der Waals surface area contributed by atoms with E-state index in [9.17, 15) is 56.0 Å². The number of nitrogens with one attached hydrogen (secondary N) is 2. The minimum Gasteiger partial charge on any atom is -0.505 e. The number of nitrogens with zero attached hydrogens (tertiary/aromatic N) is 5. The predicted octanol–water partition coefficient (Wildman–Crippen LogP) is 4.23. The molecule has 0 aliphatic rings. The summed E-state index contributed by atoms with van der Waals surface area (Å²) in [7, 11) is -10.2. The molecule has 0 saturated heterocycles. The van der Waals surface area contributed by atoms with E-state index in [0.717, 1.165) is 12.1 Å². The highest BCUT2D eigenvalue weighted by molar-refractivity contribution is 7.86. The number of anilines is 4. The summed E-state index contributed by atoms with van der Waals surface area (Å²) in [6.45, 7) is 0. The second kappa shape index (κ2) is 12.5. The van der Waals surface area contributed by atoms with Gasteiger partial charge in [0.1, 0.15) is 16.3 Å². The first-order valence-electron chi connectivity index (χ1n) is 12.9. The van der Waals surface area contributed by atoms with Crippen molar-refractivity contribution in [2.75, 3.05) is 10.6 Å². The molecule has 21 heteroatoms. The molecule has 0 unspecified atom stereocenters.